The smallest absolute Gasteiger partial charge is 0.323 e. The molecule has 3 rings (SSSR count). The van der Waals surface area contributed by atoms with Gasteiger partial charge in [-0.3, -0.25) is 0 Å². The summed E-state index contributed by atoms with van der Waals surface area (Å²) in [6.45, 7) is 12.0. The number of hydrogen-bond acceptors (Lipinski definition) is 6. The van der Waals surface area contributed by atoms with Crippen LogP contribution in [0.4, 0.5) is 17.6 Å². The quantitative estimate of drug-likeness (QED) is 0.650. The van der Waals surface area contributed by atoms with Crippen LogP contribution in [0.5, 0.6) is 0 Å². The van der Waals surface area contributed by atoms with Gasteiger partial charge in [0.25, 0.3) is 0 Å². The number of anilines is 3. The molecule has 138 valence electrons. The summed E-state index contributed by atoms with van der Waals surface area (Å²) in [4.78, 5) is 32.8. The van der Waals surface area contributed by atoms with Gasteiger partial charge in [0.15, 0.2) is 0 Å². The monoisotopic (exact) mass is 355 g/mol. The first-order valence-corrected chi connectivity index (χ1v) is 8.80. The van der Waals surface area contributed by atoms with Gasteiger partial charge in [0.05, 0.1) is 11.0 Å². The predicted octanol–water partition coefficient (Wildman–Crippen LogP) is 2.93. The Kier molecular flexibility index (Phi) is 4.67. The molecule has 1 aromatic carbocycles. The van der Waals surface area contributed by atoms with Crippen LogP contribution in [0.1, 0.15) is 40.4 Å². The number of imidazole rings is 1. The highest BCUT2D eigenvalue weighted by atomic mass is 16.1. The summed E-state index contributed by atoms with van der Waals surface area (Å²) < 4.78 is 0. The van der Waals surface area contributed by atoms with E-state index in [9.17, 15) is 4.79 Å². The number of aromatic amines is 2. The van der Waals surface area contributed by atoms with E-state index >= 15 is 0 Å². The number of nitrogens with one attached hydrogen (secondary N) is 3. The molecule has 3 aromatic rings. The van der Waals surface area contributed by atoms with E-state index in [0.29, 0.717) is 11.9 Å². The molecule has 3 N–H and O–H groups in total. The predicted molar refractivity (Wildman–Crippen MR) is 104 cm³/mol. The molecule has 0 fully saturated rings. The Hall–Kier alpha value is -2.90. The SMILES string of the molecule is CCN(CC)c1nc(Nc2ccc3[nH]c(=O)[nH]c3c2)nc(C(C)(C)C)n1. The van der Waals surface area contributed by atoms with Crippen molar-refractivity contribution in [2.45, 2.75) is 40.0 Å². The van der Waals surface area contributed by atoms with Crippen molar-refractivity contribution >= 4 is 28.6 Å². The van der Waals surface area contributed by atoms with Crippen molar-refractivity contribution in [1.82, 2.24) is 24.9 Å². The van der Waals surface area contributed by atoms with Crippen molar-refractivity contribution in [2.24, 2.45) is 0 Å². The molecule has 0 aliphatic heterocycles. The van der Waals surface area contributed by atoms with Gasteiger partial charge in [0, 0.05) is 24.2 Å². The first-order chi connectivity index (χ1) is 12.3. The summed E-state index contributed by atoms with van der Waals surface area (Å²) in [7, 11) is 0. The van der Waals surface area contributed by atoms with Crippen molar-refractivity contribution < 1.29 is 0 Å². The van der Waals surface area contributed by atoms with E-state index in [1.165, 1.54) is 0 Å². The topological polar surface area (TPSA) is 103 Å². The molecular weight excluding hydrogens is 330 g/mol. The van der Waals surface area contributed by atoms with E-state index in [1.54, 1.807) is 0 Å². The largest absolute Gasteiger partial charge is 0.341 e. The molecule has 0 spiro atoms. The molecule has 0 saturated carbocycles. The zero-order chi connectivity index (χ0) is 18.9. The third kappa shape index (κ3) is 3.68. The Balaban J connectivity index is 2.01. The fraction of sp³-hybridized carbons (Fsp3) is 0.444. The van der Waals surface area contributed by atoms with Crippen LogP contribution in [0.3, 0.4) is 0 Å². The average molecular weight is 355 g/mol. The van der Waals surface area contributed by atoms with Crippen LogP contribution >= 0.6 is 0 Å². The second-order valence-electron chi connectivity index (χ2n) is 7.17. The summed E-state index contributed by atoms with van der Waals surface area (Å²) in [5.41, 5.74) is 1.86. The molecule has 2 aromatic heterocycles. The van der Waals surface area contributed by atoms with Crippen LogP contribution in [-0.4, -0.2) is 38.0 Å². The minimum absolute atomic E-state index is 0.197. The maximum Gasteiger partial charge on any atom is 0.323 e. The lowest BCUT2D eigenvalue weighted by atomic mass is 9.96. The van der Waals surface area contributed by atoms with Gasteiger partial charge >= 0.3 is 5.69 Å². The Morgan fingerprint density at radius 3 is 2.38 bits per heavy atom. The summed E-state index contributed by atoms with van der Waals surface area (Å²) in [6, 6.07) is 5.57. The van der Waals surface area contributed by atoms with Crippen molar-refractivity contribution in [3.8, 4) is 0 Å². The van der Waals surface area contributed by atoms with Gasteiger partial charge in [0.1, 0.15) is 5.82 Å². The number of benzene rings is 1. The summed E-state index contributed by atoms with van der Waals surface area (Å²) in [5, 5.41) is 3.24. The first-order valence-electron chi connectivity index (χ1n) is 8.80. The van der Waals surface area contributed by atoms with Gasteiger partial charge in [-0.25, -0.2) is 4.79 Å². The second kappa shape index (κ2) is 6.78. The van der Waals surface area contributed by atoms with Crippen LogP contribution in [0.2, 0.25) is 0 Å². The molecule has 0 aliphatic carbocycles. The fourth-order valence-electron chi connectivity index (χ4n) is 2.64. The van der Waals surface area contributed by atoms with Crippen molar-refractivity contribution in [3.05, 3.63) is 34.5 Å². The molecule has 0 bridgehead atoms. The second-order valence-corrected chi connectivity index (χ2v) is 7.17. The first kappa shape index (κ1) is 17.9. The lowest BCUT2D eigenvalue weighted by Gasteiger charge is -2.23. The number of H-pyrrole nitrogens is 2. The lowest BCUT2D eigenvalue weighted by Crippen LogP contribution is -2.27. The summed E-state index contributed by atoms with van der Waals surface area (Å²) >= 11 is 0. The Labute approximate surface area is 152 Å². The number of hydrogen-bond donors (Lipinski definition) is 3. The minimum Gasteiger partial charge on any atom is -0.341 e. The zero-order valence-corrected chi connectivity index (χ0v) is 15.8. The molecule has 8 nitrogen and oxygen atoms in total. The Morgan fingerprint density at radius 1 is 1.04 bits per heavy atom. The minimum atomic E-state index is -0.226. The van der Waals surface area contributed by atoms with Crippen LogP contribution < -0.4 is 15.9 Å². The molecule has 0 atom stereocenters. The third-order valence-electron chi connectivity index (χ3n) is 4.11. The number of nitrogens with zero attached hydrogens (tertiary/aromatic N) is 4. The molecular formula is C18H25N7O. The van der Waals surface area contributed by atoms with Crippen molar-refractivity contribution in [3.63, 3.8) is 0 Å². The molecule has 0 radical (unpaired) electrons. The van der Waals surface area contributed by atoms with E-state index in [1.807, 2.05) is 18.2 Å². The number of aromatic nitrogens is 5. The van der Waals surface area contributed by atoms with Gasteiger partial charge in [-0.1, -0.05) is 20.8 Å². The van der Waals surface area contributed by atoms with Crippen LogP contribution in [0, 0.1) is 0 Å². The zero-order valence-electron chi connectivity index (χ0n) is 15.8. The van der Waals surface area contributed by atoms with Crippen LogP contribution in [0.25, 0.3) is 11.0 Å². The molecule has 0 amide bonds. The standard InChI is InChI=1S/C18H25N7O/c1-6-25(7-2)16-23-14(18(3,4)5)22-15(24-16)19-11-8-9-12-13(10-11)21-17(26)20-12/h8-10H,6-7H2,1-5H3,(H2,20,21,26)(H,19,22,23,24). The van der Waals surface area contributed by atoms with Gasteiger partial charge in [0.2, 0.25) is 11.9 Å². The van der Waals surface area contributed by atoms with Gasteiger partial charge in [-0.2, -0.15) is 15.0 Å². The fourth-order valence-corrected chi connectivity index (χ4v) is 2.64. The highest BCUT2D eigenvalue weighted by Gasteiger charge is 2.21. The molecule has 0 unspecified atom stereocenters. The lowest BCUT2D eigenvalue weighted by molar-refractivity contribution is 0.541. The molecule has 8 heteroatoms. The number of rotatable bonds is 5. The molecule has 0 aliphatic rings. The summed E-state index contributed by atoms with van der Waals surface area (Å²) in [6.07, 6.45) is 0. The van der Waals surface area contributed by atoms with Gasteiger partial charge < -0.3 is 20.2 Å². The molecule has 0 saturated heterocycles. The third-order valence-corrected chi connectivity index (χ3v) is 4.11. The highest BCUT2D eigenvalue weighted by Crippen LogP contribution is 2.24. The van der Waals surface area contributed by atoms with Crippen molar-refractivity contribution in [2.75, 3.05) is 23.3 Å². The molecule has 2 heterocycles. The van der Waals surface area contributed by atoms with Gasteiger partial charge in [-0.05, 0) is 32.0 Å². The van der Waals surface area contributed by atoms with Crippen LogP contribution in [-0.2, 0) is 5.41 Å². The van der Waals surface area contributed by atoms with E-state index < -0.39 is 0 Å². The Morgan fingerprint density at radius 2 is 1.73 bits per heavy atom. The van der Waals surface area contributed by atoms with Gasteiger partial charge in [-0.15, -0.1) is 0 Å². The van der Waals surface area contributed by atoms with E-state index in [0.717, 1.165) is 35.6 Å². The average Bonchev–Trinajstić information content (AvgIpc) is 2.94. The van der Waals surface area contributed by atoms with E-state index in [4.69, 9.17) is 0 Å². The van der Waals surface area contributed by atoms with Crippen LogP contribution in [0.15, 0.2) is 23.0 Å². The normalized spacial score (nSPS) is 11.7. The van der Waals surface area contributed by atoms with E-state index in [-0.39, 0.29) is 11.1 Å². The summed E-state index contributed by atoms with van der Waals surface area (Å²) in [5.74, 6) is 1.88. The maximum absolute atomic E-state index is 11.4. The van der Waals surface area contributed by atoms with E-state index in [2.05, 4.69) is 69.8 Å². The highest BCUT2D eigenvalue weighted by molar-refractivity contribution is 5.79. The maximum atomic E-state index is 11.4. The number of fused-ring (bicyclic) bond motifs is 1. The molecule has 26 heavy (non-hydrogen) atoms. The van der Waals surface area contributed by atoms with Crippen molar-refractivity contribution in [1.29, 1.82) is 0 Å². The Bertz CT molecular complexity index is 964.